The standard InChI is InChI=1S/C6H14ClN.ClH/c1-5(7)6(2)8(3)4;/h5-6H,1-4H3;1H. The summed E-state index contributed by atoms with van der Waals surface area (Å²) in [7, 11) is 4.06. The van der Waals surface area contributed by atoms with E-state index in [1.54, 1.807) is 0 Å². The Morgan fingerprint density at radius 3 is 1.56 bits per heavy atom. The molecule has 0 radical (unpaired) electrons. The minimum absolute atomic E-state index is 0. The van der Waals surface area contributed by atoms with Gasteiger partial charge in [-0.2, -0.15) is 0 Å². The SMILES string of the molecule is CC(Cl)C(C)N(C)C.Cl. The zero-order valence-corrected chi connectivity index (χ0v) is 7.96. The average molecular weight is 172 g/mol. The van der Waals surface area contributed by atoms with Crippen molar-refractivity contribution in [2.75, 3.05) is 14.1 Å². The van der Waals surface area contributed by atoms with E-state index >= 15 is 0 Å². The molecule has 0 saturated carbocycles. The first kappa shape index (κ1) is 12.2. The van der Waals surface area contributed by atoms with Gasteiger partial charge in [-0.25, -0.2) is 0 Å². The van der Waals surface area contributed by atoms with Crippen LogP contribution in [0.1, 0.15) is 13.8 Å². The molecule has 0 heterocycles. The van der Waals surface area contributed by atoms with Gasteiger partial charge >= 0.3 is 0 Å². The summed E-state index contributed by atoms with van der Waals surface area (Å²) in [6.07, 6.45) is 0. The number of nitrogens with zero attached hydrogens (tertiary/aromatic N) is 1. The van der Waals surface area contributed by atoms with E-state index in [-0.39, 0.29) is 17.8 Å². The van der Waals surface area contributed by atoms with E-state index in [0.717, 1.165) is 0 Å². The summed E-state index contributed by atoms with van der Waals surface area (Å²) in [5.74, 6) is 0. The van der Waals surface area contributed by atoms with Crippen LogP contribution in [-0.2, 0) is 0 Å². The number of alkyl halides is 1. The van der Waals surface area contributed by atoms with E-state index in [1.165, 1.54) is 0 Å². The highest BCUT2D eigenvalue weighted by molar-refractivity contribution is 6.20. The van der Waals surface area contributed by atoms with Crippen LogP contribution in [-0.4, -0.2) is 30.4 Å². The fraction of sp³-hybridized carbons (Fsp3) is 1.00. The molecule has 0 aromatic carbocycles. The van der Waals surface area contributed by atoms with Crippen LogP contribution in [0.4, 0.5) is 0 Å². The minimum atomic E-state index is 0. The first-order valence-electron chi connectivity index (χ1n) is 2.86. The summed E-state index contributed by atoms with van der Waals surface area (Å²) >= 11 is 5.78. The summed E-state index contributed by atoms with van der Waals surface area (Å²) in [4.78, 5) is 2.11. The summed E-state index contributed by atoms with van der Waals surface area (Å²) < 4.78 is 0. The second-order valence-corrected chi connectivity index (χ2v) is 3.07. The van der Waals surface area contributed by atoms with Gasteiger partial charge in [-0.3, -0.25) is 0 Å². The summed E-state index contributed by atoms with van der Waals surface area (Å²) in [6.45, 7) is 4.11. The van der Waals surface area contributed by atoms with Crippen molar-refractivity contribution < 1.29 is 0 Å². The van der Waals surface area contributed by atoms with Crippen LogP contribution in [0.5, 0.6) is 0 Å². The maximum absolute atomic E-state index is 5.78. The molecule has 0 aliphatic carbocycles. The zero-order chi connectivity index (χ0) is 6.73. The van der Waals surface area contributed by atoms with Gasteiger partial charge in [0.1, 0.15) is 0 Å². The summed E-state index contributed by atoms with van der Waals surface area (Å²) in [5, 5.41) is 0.241. The van der Waals surface area contributed by atoms with Crippen molar-refractivity contribution in [3.63, 3.8) is 0 Å². The Labute approximate surface area is 68.8 Å². The molecule has 0 aromatic rings. The number of hydrogen-bond acceptors (Lipinski definition) is 1. The Morgan fingerprint density at radius 1 is 1.22 bits per heavy atom. The molecule has 0 aliphatic heterocycles. The van der Waals surface area contributed by atoms with Gasteiger partial charge in [0.15, 0.2) is 0 Å². The van der Waals surface area contributed by atoms with Gasteiger partial charge in [0.25, 0.3) is 0 Å². The van der Waals surface area contributed by atoms with Crippen LogP contribution >= 0.6 is 24.0 Å². The van der Waals surface area contributed by atoms with Gasteiger partial charge in [0, 0.05) is 11.4 Å². The third kappa shape index (κ3) is 5.01. The van der Waals surface area contributed by atoms with E-state index in [1.807, 2.05) is 21.0 Å². The van der Waals surface area contributed by atoms with E-state index in [2.05, 4.69) is 11.8 Å². The van der Waals surface area contributed by atoms with Crippen LogP contribution in [0.15, 0.2) is 0 Å². The smallest absolute Gasteiger partial charge is 0.0460 e. The molecule has 0 bridgehead atoms. The molecule has 0 rings (SSSR count). The van der Waals surface area contributed by atoms with E-state index < -0.39 is 0 Å². The highest BCUT2D eigenvalue weighted by Gasteiger charge is 2.09. The van der Waals surface area contributed by atoms with Gasteiger partial charge in [0.05, 0.1) is 0 Å². The monoisotopic (exact) mass is 171 g/mol. The topological polar surface area (TPSA) is 3.24 Å². The second kappa shape index (κ2) is 5.33. The average Bonchev–Trinajstić information content (AvgIpc) is 1.64. The lowest BCUT2D eigenvalue weighted by molar-refractivity contribution is 0.310. The first-order chi connectivity index (χ1) is 3.55. The molecule has 1 nitrogen and oxygen atoms in total. The molecule has 58 valence electrons. The molecule has 2 atom stereocenters. The molecule has 0 N–H and O–H groups in total. The lowest BCUT2D eigenvalue weighted by atomic mass is 10.2. The number of rotatable bonds is 2. The minimum Gasteiger partial charge on any atom is -0.305 e. The number of hydrogen-bond donors (Lipinski definition) is 0. The lowest BCUT2D eigenvalue weighted by Gasteiger charge is -2.21. The van der Waals surface area contributed by atoms with Gasteiger partial charge in [-0.15, -0.1) is 24.0 Å². The molecule has 2 unspecified atom stereocenters. The molecule has 0 fully saturated rings. The van der Waals surface area contributed by atoms with Crippen molar-refractivity contribution in [2.24, 2.45) is 0 Å². The van der Waals surface area contributed by atoms with Crippen molar-refractivity contribution in [3.05, 3.63) is 0 Å². The Morgan fingerprint density at radius 2 is 1.56 bits per heavy atom. The molecular weight excluding hydrogens is 157 g/mol. The molecule has 9 heavy (non-hydrogen) atoms. The van der Waals surface area contributed by atoms with Gasteiger partial charge < -0.3 is 4.90 Å². The van der Waals surface area contributed by atoms with Crippen molar-refractivity contribution >= 4 is 24.0 Å². The molecule has 3 heteroatoms. The van der Waals surface area contributed by atoms with Crippen molar-refractivity contribution in [2.45, 2.75) is 25.3 Å². The maximum atomic E-state index is 5.78. The quantitative estimate of drug-likeness (QED) is 0.575. The molecule has 0 saturated heterocycles. The molecule has 0 aliphatic rings. The molecule has 0 amide bonds. The Kier molecular flexibility index (Phi) is 7.25. The van der Waals surface area contributed by atoms with Gasteiger partial charge in [-0.1, -0.05) is 0 Å². The Hall–Kier alpha value is 0.540. The van der Waals surface area contributed by atoms with Crippen molar-refractivity contribution in [1.29, 1.82) is 0 Å². The van der Waals surface area contributed by atoms with Crippen molar-refractivity contribution in [3.8, 4) is 0 Å². The lowest BCUT2D eigenvalue weighted by Crippen LogP contribution is -2.31. The van der Waals surface area contributed by atoms with Crippen molar-refractivity contribution in [1.82, 2.24) is 4.90 Å². The third-order valence-electron chi connectivity index (χ3n) is 1.48. The van der Waals surface area contributed by atoms with Gasteiger partial charge in [-0.05, 0) is 27.9 Å². The highest BCUT2D eigenvalue weighted by atomic mass is 35.5. The fourth-order valence-electron chi connectivity index (χ4n) is 0.411. The van der Waals surface area contributed by atoms with Crippen LogP contribution in [0.2, 0.25) is 0 Å². The maximum Gasteiger partial charge on any atom is 0.0460 e. The number of halogens is 2. The fourth-order valence-corrected chi connectivity index (χ4v) is 0.636. The van der Waals surface area contributed by atoms with Crippen LogP contribution in [0.3, 0.4) is 0 Å². The Balaban J connectivity index is 0. The van der Waals surface area contributed by atoms with Crippen LogP contribution < -0.4 is 0 Å². The van der Waals surface area contributed by atoms with Crippen LogP contribution in [0, 0.1) is 0 Å². The van der Waals surface area contributed by atoms with E-state index in [0.29, 0.717) is 6.04 Å². The van der Waals surface area contributed by atoms with E-state index in [4.69, 9.17) is 11.6 Å². The summed E-state index contributed by atoms with van der Waals surface area (Å²) in [5.41, 5.74) is 0. The van der Waals surface area contributed by atoms with Gasteiger partial charge in [0.2, 0.25) is 0 Å². The highest BCUT2D eigenvalue weighted by Crippen LogP contribution is 2.04. The zero-order valence-electron chi connectivity index (χ0n) is 6.39. The molecular formula is C6H15Cl2N. The second-order valence-electron chi connectivity index (χ2n) is 2.38. The first-order valence-corrected chi connectivity index (χ1v) is 3.30. The molecule has 0 aromatic heterocycles. The predicted octanol–water partition coefficient (Wildman–Crippen LogP) is 1.99. The molecule has 0 spiro atoms. The summed E-state index contributed by atoms with van der Waals surface area (Å²) in [6, 6.07) is 0.469. The predicted molar refractivity (Wildman–Crippen MR) is 45.7 cm³/mol. The largest absolute Gasteiger partial charge is 0.305 e. The third-order valence-corrected chi connectivity index (χ3v) is 1.84. The van der Waals surface area contributed by atoms with E-state index in [9.17, 15) is 0 Å². The van der Waals surface area contributed by atoms with Crippen LogP contribution in [0.25, 0.3) is 0 Å². The normalized spacial score (nSPS) is 16.7. The Bertz CT molecular complexity index is 56.1.